The Bertz CT molecular complexity index is 420. The Balaban J connectivity index is 2.07. The Morgan fingerprint density at radius 1 is 1.50 bits per heavy atom. The first-order valence-electron chi connectivity index (χ1n) is 5.50. The van der Waals surface area contributed by atoms with Crippen LogP contribution in [0.5, 0.6) is 0 Å². The molecule has 0 bridgehead atoms. The third-order valence-corrected chi connectivity index (χ3v) is 2.35. The van der Waals surface area contributed by atoms with Gasteiger partial charge in [0.25, 0.3) is 0 Å². The van der Waals surface area contributed by atoms with Gasteiger partial charge in [-0.05, 0) is 18.6 Å². The molecule has 0 aliphatic carbocycles. The zero-order valence-corrected chi connectivity index (χ0v) is 9.34. The number of imidazole rings is 1. The number of aliphatic hydroxyl groups is 1. The molecule has 1 atom stereocenters. The second-order valence-corrected chi connectivity index (χ2v) is 3.72. The summed E-state index contributed by atoms with van der Waals surface area (Å²) in [7, 11) is 0. The summed E-state index contributed by atoms with van der Waals surface area (Å²) < 4.78 is 7.18. The van der Waals surface area contributed by atoms with Crippen LogP contribution in [0.2, 0.25) is 0 Å². The number of fused-ring (bicyclic) bond motifs is 1. The SMILES string of the molecule is CCCOCC(O)c1cn2ccccc2n1. The summed E-state index contributed by atoms with van der Waals surface area (Å²) in [5.41, 5.74) is 1.49. The van der Waals surface area contributed by atoms with Gasteiger partial charge in [0, 0.05) is 19.0 Å². The maximum atomic E-state index is 9.85. The van der Waals surface area contributed by atoms with Crippen molar-refractivity contribution in [2.45, 2.75) is 19.4 Å². The number of aromatic nitrogens is 2. The number of hydrogen-bond donors (Lipinski definition) is 1. The zero-order valence-electron chi connectivity index (χ0n) is 9.34. The summed E-state index contributed by atoms with van der Waals surface area (Å²) in [5.74, 6) is 0. The van der Waals surface area contributed by atoms with Crippen LogP contribution in [0.15, 0.2) is 30.6 Å². The third-order valence-electron chi connectivity index (χ3n) is 2.35. The number of nitrogens with zero attached hydrogens (tertiary/aromatic N) is 2. The number of ether oxygens (including phenoxy) is 1. The molecule has 4 nitrogen and oxygen atoms in total. The first-order valence-corrected chi connectivity index (χ1v) is 5.50. The second-order valence-electron chi connectivity index (χ2n) is 3.72. The summed E-state index contributed by atoms with van der Waals surface area (Å²) in [6, 6.07) is 5.76. The number of rotatable bonds is 5. The molecule has 1 unspecified atom stereocenters. The van der Waals surface area contributed by atoms with Gasteiger partial charge in [-0.2, -0.15) is 0 Å². The molecule has 2 rings (SSSR count). The lowest BCUT2D eigenvalue weighted by molar-refractivity contribution is 0.0345. The highest BCUT2D eigenvalue weighted by atomic mass is 16.5. The quantitative estimate of drug-likeness (QED) is 0.781. The van der Waals surface area contributed by atoms with Crippen molar-refractivity contribution in [2.24, 2.45) is 0 Å². The molecular weight excluding hydrogens is 204 g/mol. The largest absolute Gasteiger partial charge is 0.384 e. The molecule has 0 aliphatic rings. The molecule has 0 amide bonds. The number of pyridine rings is 1. The monoisotopic (exact) mass is 220 g/mol. The highest BCUT2D eigenvalue weighted by Gasteiger charge is 2.11. The lowest BCUT2D eigenvalue weighted by Gasteiger charge is -2.07. The van der Waals surface area contributed by atoms with Gasteiger partial charge in [-0.3, -0.25) is 0 Å². The maximum Gasteiger partial charge on any atom is 0.137 e. The van der Waals surface area contributed by atoms with Crippen LogP contribution in [-0.2, 0) is 4.74 Å². The van der Waals surface area contributed by atoms with Gasteiger partial charge in [0.15, 0.2) is 0 Å². The maximum absolute atomic E-state index is 9.85. The minimum atomic E-state index is -0.647. The molecule has 0 radical (unpaired) electrons. The van der Waals surface area contributed by atoms with Crippen molar-refractivity contribution in [3.8, 4) is 0 Å². The molecule has 0 saturated heterocycles. The van der Waals surface area contributed by atoms with Crippen molar-refractivity contribution in [1.29, 1.82) is 0 Å². The fourth-order valence-corrected chi connectivity index (χ4v) is 1.54. The van der Waals surface area contributed by atoms with Crippen molar-refractivity contribution in [1.82, 2.24) is 9.38 Å². The van der Waals surface area contributed by atoms with Crippen molar-refractivity contribution >= 4 is 5.65 Å². The van der Waals surface area contributed by atoms with E-state index in [1.807, 2.05) is 41.9 Å². The summed E-state index contributed by atoms with van der Waals surface area (Å²) in [6.07, 6.45) is 4.05. The van der Waals surface area contributed by atoms with Crippen molar-refractivity contribution < 1.29 is 9.84 Å². The number of aliphatic hydroxyl groups excluding tert-OH is 1. The van der Waals surface area contributed by atoms with Gasteiger partial charge >= 0.3 is 0 Å². The van der Waals surface area contributed by atoms with Gasteiger partial charge in [0.2, 0.25) is 0 Å². The summed E-state index contributed by atoms with van der Waals surface area (Å²) in [4.78, 5) is 4.32. The fraction of sp³-hybridized carbons (Fsp3) is 0.417. The topological polar surface area (TPSA) is 46.8 Å². The van der Waals surface area contributed by atoms with Crippen LogP contribution >= 0.6 is 0 Å². The lowest BCUT2D eigenvalue weighted by atomic mass is 10.3. The Labute approximate surface area is 94.5 Å². The molecule has 4 heteroatoms. The van der Waals surface area contributed by atoms with Crippen LogP contribution < -0.4 is 0 Å². The molecule has 86 valence electrons. The average Bonchev–Trinajstić information content (AvgIpc) is 2.73. The van der Waals surface area contributed by atoms with Gasteiger partial charge in [-0.1, -0.05) is 13.0 Å². The molecule has 0 spiro atoms. The minimum absolute atomic E-state index is 0.303. The molecule has 1 N–H and O–H groups in total. The smallest absolute Gasteiger partial charge is 0.137 e. The van der Waals surface area contributed by atoms with E-state index in [4.69, 9.17) is 4.74 Å². The van der Waals surface area contributed by atoms with Crippen molar-refractivity contribution in [3.63, 3.8) is 0 Å². The fourth-order valence-electron chi connectivity index (χ4n) is 1.54. The molecule has 2 aromatic heterocycles. The van der Waals surface area contributed by atoms with Gasteiger partial charge in [0.05, 0.1) is 12.3 Å². The van der Waals surface area contributed by atoms with Gasteiger partial charge < -0.3 is 14.2 Å². The second kappa shape index (κ2) is 5.09. The van der Waals surface area contributed by atoms with E-state index in [2.05, 4.69) is 4.98 Å². The van der Waals surface area contributed by atoms with Crippen molar-refractivity contribution in [2.75, 3.05) is 13.2 Å². The van der Waals surface area contributed by atoms with Crippen LogP contribution in [-0.4, -0.2) is 27.7 Å². The van der Waals surface area contributed by atoms with Crippen LogP contribution in [0.25, 0.3) is 5.65 Å². The van der Waals surface area contributed by atoms with Gasteiger partial charge in [-0.15, -0.1) is 0 Å². The first-order chi connectivity index (χ1) is 7.81. The van der Waals surface area contributed by atoms with E-state index < -0.39 is 6.10 Å². The van der Waals surface area contributed by atoms with E-state index in [0.29, 0.717) is 18.9 Å². The molecule has 2 heterocycles. The Hall–Kier alpha value is -1.39. The Kier molecular flexibility index (Phi) is 3.54. The Morgan fingerprint density at radius 3 is 3.12 bits per heavy atom. The molecule has 0 saturated carbocycles. The van der Waals surface area contributed by atoms with Gasteiger partial charge in [0.1, 0.15) is 11.8 Å². The predicted molar refractivity (Wildman–Crippen MR) is 61.3 cm³/mol. The van der Waals surface area contributed by atoms with Crippen LogP contribution in [0.1, 0.15) is 25.1 Å². The molecule has 0 fully saturated rings. The molecule has 0 aromatic carbocycles. The van der Waals surface area contributed by atoms with E-state index in [1.165, 1.54) is 0 Å². The van der Waals surface area contributed by atoms with Crippen molar-refractivity contribution in [3.05, 3.63) is 36.3 Å². The average molecular weight is 220 g/mol. The highest BCUT2D eigenvalue weighted by Crippen LogP contribution is 2.13. The Morgan fingerprint density at radius 2 is 2.38 bits per heavy atom. The summed E-state index contributed by atoms with van der Waals surface area (Å²) in [6.45, 7) is 3.01. The molecular formula is C12H16N2O2. The normalized spacial score (nSPS) is 13.1. The molecule has 0 aliphatic heterocycles. The van der Waals surface area contributed by atoms with Crippen LogP contribution in [0.3, 0.4) is 0 Å². The highest BCUT2D eigenvalue weighted by molar-refractivity contribution is 5.39. The lowest BCUT2D eigenvalue weighted by Crippen LogP contribution is -2.08. The van der Waals surface area contributed by atoms with E-state index in [1.54, 1.807) is 0 Å². The van der Waals surface area contributed by atoms with E-state index in [-0.39, 0.29) is 0 Å². The molecule has 2 aromatic rings. The first kappa shape index (κ1) is 11.1. The third kappa shape index (κ3) is 2.40. The summed E-state index contributed by atoms with van der Waals surface area (Å²) >= 11 is 0. The van der Waals surface area contributed by atoms with Gasteiger partial charge in [-0.25, -0.2) is 4.98 Å². The van der Waals surface area contributed by atoms with Crippen LogP contribution in [0, 0.1) is 0 Å². The predicted octanol–water partition coefficient (Wildman–Crippen LogP) is 1.79. The standard InChI is InChI=1S/C12H16N2O2/c1-2-7-16-9-11(15)10-8-14-6-4-3-5-12(14)13-10/h3-6,8,11,15H,2,7,9H2,1H3. The van der Waals surface area contributed by atoms with E-state index in [9.17, 15) is 5.11 Å². The minimum Gasteiger partial charge on any atom is -0.384 e. The zero-order chi connectivity index (χ0) is 11.4. The van der Waals surface area contributed by atoms with E-state index >= 15 is 0 Å². The van der Waals surface area contributed by atoms with E-state index in [0.717, 1.165) is 12.1 Å². The summed E-state index contributed by atoms with van der Waals surface area (Å²) in [5, 5.41) is 9.85. The van der Waals surface area contributed by atoms with Crippen LogP contribution in [0.4, 0.5) is 0 Å². The molecule has 16 heavy (non-hydrogen) atoms. The number of hydrogen-bond acceptors (Lipinski definition) is 3.